The molecular formula is C13H17BrO5. The summed E-state index contributed by atoms with van der Waals surface area (Å²) in [4.78, 5) is 24.6. The maximum atomic E-state index is 12.6. The van der Waals surface area contributed by atoms with Gasteiger partial charge in [-0.2, -0.15) is 0 Å². The number of ether oxygens (including phenoxy) is 3. The van der Waals surface area contributed by atoms with Gasteiger partial charge in [0.25, 0.3) is 0 Å². The zero-order valence-corrected chi connectivity index (χ0v) is 12.9. The molecule has 6 heteroatoms. The number of carbonyl (C=O) groups is 2. The molecule has 0 radical (unpaired) electrons. The fourth-order valence-electron chi connectivity index (χ4n) is 3.19. The van der Waals surface area contributed by atoms with Crippen molar-refractivity contribution in [3.8, 4) is 0 Å². The van der Waals surface area contributed by atoms with Gasteiger partial charge in [-0.15, -0.1) is 0 Å². The lowest BCUT2D eigenvalue weighted by Gasteiger charge is -2.52. The first-order valence-electron chi connectivity index (χ1n) is 5.97. The van der Waals surface area contributed by atoms with Gasteiger partial charge in [0, 0.05) is 18.7 Å². The largest absolute Gasteiger partial charge is 0.469 e. The van der Waals surface area contributed by atoms with E-state index in [1.807, 2.05) is 0 Å². The van der Waals surface area contributed by atoms with Crippen molar-refractivity contribution in [1.29, 1.82) is 0 Å². The van der Waals surface area contributed by atoms with Crippen molar-refractivity contribution >= 4 is 27.7 Å². The number of hydrogen-bond donors (Lipinski definition) is 0. The predicted molar refractivity (Wildman–Crippen MR) is 70.5 cm³/mol. The Morgan fingerprint density at radius 2 is 1.95 bits per heavy atom. The molecule has 0 amide bonds. The van der Waals surface area contributed by atoms with Crippen LogP contribution in [0.15, 0.2) is 10.6 Å². The Morgan fingerprint density at radius 1 is 1.37 bits per heavy atom. The molecule has 19 heavy (non-hydrogen) atoms. The molecule has 3 rings (SSSR count). The van der Waals surface area contributed by atoms with Crippen LogP contribution in [0, 0.1) is 17.3 Å². The molecule has 3 aliphatic carbocycles. The summed E-state index contributed by atoms with van der Waals surface area (Å²) in [6.07, 6.45) is 2.21. The molecule has 0 N–H and O–H groups in total. The van der Waals surface area contributed by atoms with Crippen molar-refractivity contribution in [1.82, 2.24) is 0 Å². The maximum Gasteiger partial charge on any atom is 0.312 e. The monoisotopic (exact) mass is 332 g/mol. The fourth-order valence-corrected chi connectivity index (χ4v) is 3.92. The standard InChI is InChI=1S/C13H17BrO5/c1-12(11(16)17-2)6-8-9(14)5-7(12)10(15)13(8,18-3)19-4/h5,7-8H,6H2,1-4H3/t7-,8+,12+/m0/s1. The molecule has 0 aliphatic heterocycles. The molecule has 0 unspecified atom stereocenters. The van der Waals surface area contributed by atoms with Gasteiger partial charge in [-0.3, -0.25) is 9.59 Å². The summed E-state index contributed by atoms with van der Waals surface area (Å²) in [5.41, 5.74) is -0.867. The van der Waals surface area contributed by atoms with Gasteiger partial charge in [-0.1, -0.05) is 22.0 Å². The summed E-state index contributed by atoms with van der Waals surface area (Å²) < 4.78 is 16.4. The zero-order valence-electron chi connectivity index (χ0n) is 11.4. The molecule has 1 fully saturated rings. The highest BCUT2D eigenvalue weighted by molar-refractivity contribution is 9.11. The Bertz CT molecular complexity index is 454. The zero-order chi connectivity index (χ0) is 14.4. The average molecular weight is 333 g/mol. The summed E-state index contributed by atoms with van der Waals surface area (Å²) in [5.74, 6) is -2.88. The molecule has 0 aromatic carbocycles. The molecule has 0 spiro atoms. The van der Waals surface area contributed by atoms with E-state index in [1.54, 1.807) is 13.0 Å². The smallest absolute Gasteiger partial charge is 0.312 e. The third-order valence-corrected chi connectivity index (χ3v) is 5.13. The summed E-state index contributed by atoms with van der Waals surface area (Å²) in [6.45, 7) is 1.75. The van der Waals surface area contributed by atoms with Crippen LogP contribution in [0.25, 0.3) is 0 Å². The first kappa shape index (κ1) is 14.7. The van der Waals surface area contributed by atoms with Gasteiger partial charge in [-0.25, -0.2) is 0 Å². The van der Waals surface area contributed by atoms with Crippen molar-refractivity contribution in [3.63, 3.8) is 0 Å². The molecule has 2 bridgehead atoms. The number of Topliss-reactive ketones (excluding diaryl/α,β-unsaturated/α-hetero) is 1. The summed E-state index contributed by atoms with van der Waals surface area (Å²) in [7, 11) is 4.22. The van der Waals surface area contributed by atoms with Crippen molar-refractivity contribution in [2.45, 2.75) is 19.1 Å². The highest BCUT2D eigenvalue weighted by Crippen LogP contribution is 2.56. The second kappa shape index (κ2) is 4.68. The normalized spacial score (nSPS) is 36.1. The first-order chi connectivity index (χ1) is 8.87. The number of fused-ring (bicyclic) bond motifs is 2. The van der Waals surface area contributed by atoms with E-state index in [0.717, 1.165) is 4.48 Å². The minimum Gasteiger partial charge on any atom is -0.469 e. The highest BCUT2D eigenvalue weighted by Gasteiger charge is 2.65. The van der Waals surface area contributed by atoms with E-state index < -0.39 is 17.1 Å². The van der Waals surface area contributed by atoms with Crippen molar-refractivity contribution in [2.75, 3.05) is 21.3 Å². The van der Waals surface area contributed by atoms with E-state index in [1.165, 1.54) is 21.3 Å². The second-order valence-corrected chi connectivity index (χ2v) is 6.05. The van der Waals surface area contributed by atoms with Crippen LogP contribution in [0.2, 0.25) is 0 Å². The number of methoxy groups -OCH3 is 3. The van der Waals surface area contributed by atoms with E-state index in [9.17, 15) is 9.59 Å². The van der Waals surface area contributed by atoms with Gasteiger partial charge in [0.15, 0.2) is 0 Å². The first-order valence-corrected chi connectivity index (χ1v) is 6.77. The summed E-state index contributed by atoms with van der Waals surface area (Å²) in [5, 5.41) is 0. The van der Waals surface area contributed by atoms with Gasteiger partial charge in [0.1, 0.15) is 0 Å². The van der Waals surface area contributed by atoms with E-state index in [0.29, 0.717) is 6.42 Å². The molecule has 3 atom stereocenters. The predicted octanol–water partition coefficient (Wildman–Crippen LogP) is 1.65. The minimum atomic E-state index is -1.31. The van der Waals surface area contributed by atoms with Crippen LogP contribution >= 0.6 is 15.9 Å². The summed E-state index contributed by atoms with van der Waals surface area (Å²) in [6, 6.07) is 0. The quantitative estimate of drug-likeness (QED) is 0.581. The van der Waals surface area contributed by atoms with Gasteiger partial charge in [0.2, 0.25) is 11.6 Å². The SMILES string of the molecule is COC(=O)[C@]1(C)C[C@@H]2C(Br)=C[C@H]1C(=O)C2(OC)OC. The lowest BCUT2D eigenvalue weighted by atomic mass is 9.57. The van der Waals surface area contributed by atoms with E-state index in [4.69, 9.17) is 14.2 Å². The van der Waals surface area contributed by atoms with Gasteiger partial charge in [-0.05, 0) is 13.3 Å². The van der Waals surface area contributed by atoms with Crippen LogP contribution in [0.5, 0.6) is 0 Å². The molecular weight excluding hydrogens is 316 g/mol. The van der Waals surface area contributed by atoms with Crippen LogP contribution in [-0.2, 0) is 23.8 Å². The van der Waals surface area contributed by atoms with E-state index >= 15 is 0 Å². The van der Waals surface area contributed by atoms with Crippen LogP contribution in [0.4, 0.5) is 0 Å². The molecule has 0 aromatic rings. The number of ketones is 1. The Morgan fingerprint density at radius 3 is 2.42 bits per heavy atom. The number of hydrogen-bond acceptors (Lipinski definition) is 5. The number of halogens is 1. The number of carbonyl (C=O) groups excluding carboxylic acids is 2. The van der Waals surface area contributed by atoms with Gasteiger partial charge < -0.3 is 14.2 Å². The molecule has 0 saturated heterocycles. The van der Waals surface area contributed by atoms with Crippen LogP contribution in [0.1, 0.15) is 13.3 Å². The Hall–Kier alpha value is -0.720. The van der Waals surface area contributed by atoms with Crippen molar-refractivity contribution in [2.24, 2.45) is 17.3 Å². The lowest BCUT2D eigenvalue weighted by molar-refractivity contribution is -0.247. The molecule has 0 heterocycles. The molecule has 0 aromatic heterocycles. The molecule has 5 nitrogen and oxygen atoms in total. The van der Waals surface area contributed by atoms with Crippen LogP contribution in [0.3, 0.4) is 0 Å². The minimum absolute atomic E-state index is 0.232. The Balaban J connectivity index is 2.53. The highest BCUT2D eigenvalue weighted by atomic mass is 79.9. The number of allylic oxidation sites excluding steroid dienone is 1. The van der Waals surface area contributed by atoms with Crippen LogP contribution < -0.4 is 0 Å². The van der Waals surface area contributed by atoms with Crippen molar-refractivity contribution < 1.29 is 23.8 Å². The summed E-state index contributed by atoms with van der Waals surface area (Å²) >= 11 is 3.45. The maximum absolute atomic E-state index is 12.6. The van der Waals surface area contributed by atoms with E-state index in [2.05, 4.69) is 15.9 Å². The average Bonchev–Trinajstić information content (AvgIpc) is 2.41. The molecule has 3 aliphatic rings. The topological polar surface area (TPSA) is 61.8 Å². The molecule has 1 saturated carbocycles. The third kappa shape index (κ3) is 1.73. The lowest BCUT2D eigenvalue weighted by Crippen LogP contribution is -2.64. The van der Waals surface area contributed by atoms with Gasteiger partial charge in [0.05, 0.1) is 24.4 Å². The second-order valence-electron chi connectivity index (χ2n) is 5.13. The number of esters is 1. The van der Waals surface area contributed by atoms with Crippen LogP contribution in [-0.4, -0.2) is 38.9 Å². The third-order valence-electron chi connectivity index (χ3n) is 4.32. The van der Waals surface area contributed by atoms with E-state index in [-0.39, 0.29) is 17.7 Å². The Labute approximate surface area is 120 Å². The van der Waals surface area contributed by atoms with Crippen molar-refractivity contribution in [3.05, 3.63) is 10.6 Å². The molecule has 106 valence electrons. The van der Waals surface area contributed by atoms with Gasteiger partial charge >= 0.3 is 5.97 Å². The number of rotatable bonds is 3. The Kier molecular flexibility index (Phi) is 3.62. The fraction of sp³-hybridized carbons (Fsp3) is 0.692.